The van der Waals surface area contributed by atoms with Gasteiger partial charge in [-0.2, -0.15) is 0 Å². The van der Waals surface area contributed by atoms with Crippen molar-refractivity contribution in [1.29, 1.82) is 0 Å². The van der Waals surface area contributed by atoms with Gasteiger partial charge in [-0.15, -0.1) is 0 Å². The van der Waals surface area contributed by atoms with E-state index in [4.69, 9.17) is 4.74 Å². The van der Waals surface area contributed by atoms with E-state index in [2.05, 4.69) is 11.9 Å². The average Bonchev–Trinajstić information content (AvgIpc) is 2.20. The summed E-state index contributed by atoms with van der Waals surface area (Å²) in [7, 11) is 1.06. The van der Waals surface area contributed by atoms with Crippen molar-refractivity contribution in [2.24, 2.45) is 0 Å². The van der Waals surface area contributed by atoms with Crippen LogP contribution < -0.4 is 0 Å². The zero-order valence-corrected chi connectivity index (χ0v) is 9.99. The van der Waals surface area contributed by atoms with Crippen molar-refractivity contribution in [3.63, 3.8) is 0 Å². The molecule has 1 saturated heterocycles. The average molecular weight is 191 g/mol. The summed E-state index contributed by atoms with van der Waals surface area (Å²) in [6.07, 6.45) is 7.43. The Hall–Kier alpha value is -0.478. The van der Waals surface area contributed by atoms with Crippen LogP contribution in [0.4, 0.5) is 0 Å². The van der Waals surface area contributed by atoms with Gasteiger partial charge >= 0.3 is 81.8 Å². The molecule has 0 radical (unpaired) electrons. The van der Waals surface area contributed by atoms with Crippen LogP contribution in [0.5, 0.6) is 0 Å². The Labute approximate surface area is 82.4 Å². The number of hydrogen-bond donors (Lipinski definition) is 0. The minimum absolute atomic E-state index is 0.0481. The van der Waals surface area contributed by atoms with E-state index in [0.717, 1.165) is 16.8 Å². The second-order valence-corrected chi connectivity index (χ2v) is 5.39. The molecule has 2 rings (SSSR count). The molecule has 1 aliphatic rings. The first kappa shape index (κ1) is 9.09. The molecular weight excluding hydrogens is 177 g/mol. The SMILES string of the molecule is [SiH3]C1(c2bccnc2)CCCCO1. The Morgan fingerprint density at radius 3 is 3.08 bits per heavy atom. The third-order valence-electron chi connectivity index (χ3n) is 2.74. The molecule has 0 saturated carbocycles. The van der Waals surface area contributed by atoms with Crippen molar-refractivity contribution in [2.45, 2.75) is 24.5 Å². The summed E-state index contributed by atoms with van der Waals surface area (Å²) in [5.74, 6) is 1.99. The molecular formula is C9H14BNOSi. The molecule has 2 heterocycles. The standard InChI is InChI=1S/C9H14BNOSi/c13-9(3-1-2-6-12-9)8-7-11-5-4-10-8/h4-5,7H,1-3,6H2,13H3. The van der Waals surface area contributed by atoms with Gasteiger partial charge in [-0.1, -0.05) is 0 Å². The molecule has 0 aliphatic carbocycles. The van der Waals surface area contributed by atoms with Crippen LogP contribution in [-0.4, -0.2) is 28.7 Å². The summed E-state index contributed by atoms with van der Waals surface area (Å²) in [6.45, 7) is 3.05. The van der Waals surface area contributed by atoms with Gasteiger partial charge in [-0.25, -0.2) is 0 Å². The summed E-state index contributed by atoms with van der Waals surface area (Å²) < 4.78 is 5.87. The second kappa shape index (κ2) is 3.72. The molecule has 2 nitrogen and oxygen atoms in total. The molecule has 0 spiro atoms. The van der Waals surface area contributed by atoms with Gasteiger partial charge in [0.15, 0.2) is 0 Å². The van der Waals surface area contributed by atoms with E-state index in [0.29, 0.717) is 0 Å². The quantitative estimate of drug-likeness (QED) is 0.589. The van der Waals surface area contributed by atoms with E-state index in [1.54, 1.807) is 0 Å². The third kappa shape index (κ3) is 1.89. The molecule has 68 valence electrons. The van der Waals surface area contributed by atoms with Crippen molar-refractivity contribution in [2.75, 3.05) is 6.61 Å². The van der Waals surface area contributed by atoms with Crippen molar-refractivity contribution in [3.05, 3.63) is 23.8 Å². The zero-order chi connectivity index (χ0) is 9.15. The molecule has 1 aromatic heterocycles. The predicted molar refractivity (Wildman–Crippen MR) is 57.0 cm³/mol. The number of aromatic nitrogens is 1. The fraction of sp³-hybridized carbons (Fsp3) is 0.556. The fourth-order valence-electron chi connectivity index (χ4n) is 1.84. The Balaban J connectivity index is 2.23. The van der Waals surface area contributed by atoms with Crippen LogP contribution in [0.15, 0.2) is 18.4 Å². The molecule has 1 atom stereocenters. The molecule has 0 aromatic carbocycles. The summed E-state index contributed by atoms with van der Waals surface area (Å²) >= 11 is 0. The number of nitrogens with zero attached hydrogens (tertiary/aromatic N) is 1. The van der Waals surface area contributed by atoms with Crippen molar-refractivity contribution < 1.29 is 4.74 Å². The van der Waals surface area contributed by atoms with E-state index in [-0.39, 0.29) is 5.22 Å². The van der Waals surface area contributed by atoms with Crippen LogP contribution >= 0.6 is 0 Å². The van der Waals surface area contributed by atoms with Crippen LogP contribution in [0.1, 0.15) is 24.7 Å². The molecule has 1 fully saturated rings. The minimum atomic E-state index is 0.0481. The van der Waals surface area contributed by atoms with E-state index in [9.17, 15) is 0 Å². The van der Waals surface area contributed by atoms with Crippen LogP contribution in [0.3, 0.4) is 0 Å². The van der Waals surface area contributed by atoms with Gasteiger partial charge in [0.2, 0.25) is 0 Å². The van der Waals surface area contributed by atoms with E-state index in [1.165, 1.54) is 24.7 Å². The monoisotopic (exact) mass is 191 g/mol. The van der Waals surface area contributed by atoms with Crippen molar-refractivity contribution in [1.82, 2.24) is 4.98 Å². The summed E-state index contributed by atoms with van der Waals surface area (Å²) in [6, 6.07) is 0. The molecule has 13 heavy (non-hydrogen) atoms. The van der Waals surface area contributed by atoms with E-state index in [1.807, 2.05) is 18.4 Å². The first-order chi connectivity index (χ1) is 6.31. The van der Waals surface area contributed by atoms with Gasteiger partial charge in [0.05, 0.1) is 0 Å². The Morgan fingerprint density at radius 1 is 1.54 bits per heavy atom. The van der Waals surface area contributed by atoms with Gasteiger partial charge < -0.3 is 0 Å². The van der Waals surface area contributed by atoms with Gasteiger partial charge in [0.25, 0.3) is 0 Å². The Kier molecular flexibility index (Phi) is 2.60. The van der Waals surface area contributed by atoms with Gasteiger partial charge in [0, 0.05) is 0 Å². The number of hydrogen-bond acceptors (Lipinski definition) is 2. The summed E-state index contributed by atoms with van der Waals surface area (Å²) in [5.41, 5.74) is 1.27. The fourth-order valence-corrected chi connectivity index (χ4v) is 2.69. The maximum absolute atomic E-state index is 5.87. The molecule has 1 unspecified atom stereocenters. The number of rotatable bonds is 1. The molecule has 1 aromatic rings. The van der Waals surface area contributed by atoms with Gasteiger partial charge in [-0.3, -0.25) is 0 Å². The van der Waals surface area contributed by atoms with Crippen LogP contribution in [0.2, 0.25) is 0 Å². The summed E-state index contributed by atoms with van der Waals surface area (Å²) in [5, 5.41) is 0.0481. The first-order valence-electron chi connectivity index (χ1n) is 4.86. The topological polar surface area (TPSA) is 22.1 Å². The van der Waals surface area contributed by atoms with Crippen molar-refractivity contribution in [3.8, 4) is 0 Å². The van der Waals surface area contributed by atoms with Gasteiger partial charge in [-0.05, 0) is 0 Å². The Morgan fingerprint density at radius 2 is 2.46 bits per heavy atom. The second-order valence-electron chi connectivity index (χ2n) is 3.78. The van der Waals surface area contributed by atoms with Gasteiger partial charge in [0.1, 0.15) is 0 Å². The van der Waals surface area contributed by atoms with Crippen LogP contribution in [0, 0.1) is 0 Å². The van der Waals surface area contributed by atoms with E-state index < -0.39 is 0 Å². The van der Waals surface area contributed by atoms with Crippen LogP contribution in [-0.2, 0) is 9.96 Å². The Bertz CT molecular complexity index is 274. The molecule has 4 heteroatoms. The zero-order valence-electron chi connectivity index (χ0n) is 7.99. The predicted octanol–water partition coefficient (Wildman–Crippen LogP) is 0.138. The molecule has 0 amide bonds. The summed E-state index contributed by atoms with van der Waals surface area (Å²) in [4.78, 5) is 4.15. The maximum atomic E-state index is 5.87. The van der Waals surface area contributed by atoms with Crippen molar-refractivity contribution >= 4 is 17.2 Å². The van der Waals surface area contributed by atoms with Crippen LogP contribution in [0.25, 0.3) is 0 Å². The third-order valence-corrected chi connectivity index (χ3v) is 4.11. The van der Waals surface area contributed by atoms with E-state index >= 15 is 0 Å². The first-order valence-corrected chi connectivity index (χ1v) is 5.86. The molecule has 0 N–H and O–H groups in total. The number of ether oxygens (including phenoxy) is 1. The normalized spacial score (nSPS) is 28.6. The molecule has 1 aliphatic heterocycles. The molecule has 0 bridgehead atoms.